The highest BCUT2D eigenvalue weighted by Crippen LogP contribution is 2.28. The molecule has 0 spiro atoms. The average Bonchev–Trinajstić information content (AvgIpc) is 3.14. The van der Waals surface area contributed by atoms with E-state index < -0.39 is 6.04 Å². The van der Waals surface area contributed by atoms with Gasteiger partial charge in [0.1, 0.15) is 11.8 Å². The molecule has 30 heavy (non-hydrogen) atoms. The number of hydrogen-bond acceptors (Lipinski definition) is 5. The van der Waals surface area contributed by atoms with Gasteiger partial charge in [-0.3, -0.25) is 14.4 Å². The lowest BCUT2D eigenvalue weighted by atomic mass is 10.2. The molecule has 0 aliphatic carbocycles. The second-order valence-corrected chi connectivity index (χ2v) is 7.15. The van der Waals surface area contributed by atoms with Gasteiger partial charge >= 0.3 is 0 Å². The number of anilines is 4. The van der Waals surface area contributed by atoms with Crippen molar-refractivity contribution >= 4 is 40.5 Å². The van der Waals surface area contributed by atoms with Crippen LogP contribution in [0.4, 0.5) is 22.7 Å². The molecule has 158 valence electrons. The van der Waals surface area contributed by atoms with Crippen molar-refractivity contribution in [3.63, 3.8) is 0 Å². The Balaban J connectivity index is 1.69. The molecule has 0 radical (unpaired) electrons. The number of ether oxygens (including phenoxy) is 1. The summed E-state index contributed by atoms with van der Waals surface area (Å²) in [5.74, 6) is 0.128. The van der Waals surface area contributed by atoms with Crippen molar-refractivity contribution in [3.05, 3.63) is 42.5 Å². The quantitative estimate of drug-likeness (QED) is 0.651. The number of rotatable bonds is 7. The van der Waals surface area contributed by atoms with Crippen LogP contribution in [0, 0.1) is 0 Å². The first-order valence-corrected chi connectivity index (χ1v) is 9.81. The highest BCUT2D eigenvalue weighted by molar-refractivity contribution is 5.99. The van der Waals surface area contributed by atoms with Crippen molar-refractivity contribution in [1.82, 2.24) is 0 Å². The summed E-state index contributed by atoms with van der Waals surface area (Å²) in [7, 11) is 1.51. The Hall–Kier alpha value is -3.55. The fourth-order valence-corrected chi connectivity index (χ4v) is 3.33. The monoisotopic (exact) mass is 410 g/mol. The Morgan fingerprint density at radius 3 is 2.57 bits per heavy atom. The summed E-state index contributed by atoms with van der Waals surface area (Å²) in [6.07, 6.45) is 1.42. The van der Waals surface area contributed by atoms with Crippen molar-refractivity contribution in [1.29, 1.82) is 0 Å². The maximum absolute atomic E-state index is 12.7. The van der Waals surface area contributed by atoms with Crippen molar-refractivity contribution in [2.24, 2.45) is 0 Å². The largest absolute Gasteiger partial charge is 0.495 e. The third-order valence-corrected chi connectivity index (χ3v) is 4.79. The van der Waals surface area contributed by atoms with Gasteiger partial charge in [0.15, 0.2) is 0 Å². The fourth-order valence-electron chi connectivity index (χ4n) is 3.33. The van der Waals surface area contributed by atoms with Gasteiger partial charge in [-0.05, 0) is 49.7 Å². The third kappa shape index (κ3) is 5.08. The minimum atomic E-state index is -0.552. The van der Waals surface area contributed by atoms with E-state index in [1.165, 1.54) is 14.0 Å². The van der Waals surface area contributed by atoms with Crippen molar-refractivity contribution in [2.75, 3.05) is 34.5 Å². The molecule has 1 fully saturated rings. The standard InChI is InChI=1S/C22H26N4O4/c1-14(23-16-6-4-7-18(12-16)26-11-5-8-21(26)28)22(29)25-19-13-17(24-15(2)27)9-10-20(19)30-3/h4,6-7,9-10,12-14,23H,5,8,11H2,1-3H3,(H,24,27)(H,25,29). The second-order valence-electron chi connectivity index (χ2n) is 7.15. The molecule has 2 aromatic rings. The van der Waals surface area contributed by atoms with E-state index in [0.717, 1.165) is 17.8 Å². The van der Waals surface area contributed by atoms with Crippen LogP contribution in [0.1, 0.15) is 26.7 Å². The average molecular weight is 410 g/mol. The van der Waals surface area contributed by atoms with E-state index >= 15 is 0 Å². The van der Waals surface area contributed by atoms with E-state index in [-0.39, 0.29) is 17.7 Å². The maximum Gasteiger partial charge on any atom is 0.246 e. The van der Waals surface area contributed by atoms with Gasteiger partial charge in [0, 0.05) is 37.0 Å². The zero-order valence-electron chi connectivity index (χ0n) is 17.3. The van der Waals surface area contributed by atoms with Gasteiger partial charge in [0.05, 0.1) is 12.8 Å². The van der Waals surface area contributed by atoms with Gasteiger partial charge in [-0.25, -0.2) is 0 Å². The summed E-state index contributed by atoms with van der Waals surface area (Å²) in [5.41, 5.74) is 2.58. The van der Waals surface area contributed by atoms with Crippen LogP contribution in [0.2, 0.25) is 0 Å². The van der Waals surface area contributed by atoms with Crippen LogP contribution in [0.25, 0.3) is 0 Å². The maximum atomic E-state index is 12.7. The van der Waals surface area contributed by atoms with Crippen LogP contribution in [-0.4, -0.2) is 37.4 Å². The molecule has 1 heterocycles. The number of carbonyl (C=O) groups excluding carboxylic acids is 3. The highest BCUT2D eigenvalue weighted by Gasteiger charge is 2.22. The van der Waals surface area contributed by atoms with Crippen LogP contribution in [0.5, 0.6) is 5.75 Å². The molecule has 1 aliphatic rings. The zero-order chi connectivity index (χ0) is 21.7. The zero-order valence-corrected chi connectivity index (χ0v) is 17.3. The van der Waals surface area contributed by atoms with Crippen LogP contribution in [0.3, 0.4) is 0 Å². The summed E-state index contributed by atoms with van der Waals surface area (Å²) >= 11 is 0. The van der Waals surface area contributed by atoms with E-state index in [1.54, 1.807) is 30.0 Å². The van der Waals surface area contributed by atoms with Crippen LogP contribution >= 0.6 is 0 Å². The third-order valence-electron chi connectivity index (χ3n) is 4.79. The van der Waals surface area contributed by atoms with Gasteiger partial charge in [-0.15, -0.1) is 0 Å². The van der Waals surface area contributed by atoms with Gasteiger partial charge in [0.2, 0.25) is 17.7 Å². The number of methoxy groups -OCH3 is 1. The summed E-state index contributed by atoms with van der Waals surface area (Å²) < 4.78 is 5.30. The van der Waals surface area contributed by atoms with Crippen LogP contribution in [0.15, 0.2) is 42.5 Å². The lowest BCUT2D eigenvalue weighted by Crippen LogP contribution is -2.32. The van der Waals surface area contributed by atoms with Gasteiger partial charge < -0.3 is 25.6 Å². The molecule has 0 saturated carbocycles. The molecular formula is C22H26N4O4. The molecule has 3 rings (SSSR count). The lowest BCUT2D eigenvalue weighted by molar-refractivity contribution is -0.117. The minimum Gasteiger partial charge on any atom is -0.495 e. The highest BCUT2D eigenvalue weighted by atomic mass is 16.5. The molecule has 0 aromatic heterocycles. The molecule has 1 aliphatic heterocycles. The molecule has 1 saturated heterocycles. The number of benzene rings is 2. The molecule has 8 nitrogen and oxygen atoms in total. The lowest BCUT2D eigenvalue weighted by Gasteiger charge is -2.20. The number of amides is 3. The van der Waals surface area contributed by atoms with Crippen molar-refractivity contribution in [3.8, 4) is 5.75 Å². The van der Waals surface area contributed by atoms with Crippen molar-refractivity contribution < 1.29 is 19.1 Å². The Morgan fingerprint density at radius 2 is 1.90 bits per heavy atom. The second kappa shape index (κ2) is 9.30. The molecule has 2 aromatic carbocycles. The SMILES string of the molecule is COc1ccc(NC(C)=O)cc1NC(=O)C(C)Nc1cccc(N2CCCC2=O)c1. The van der Waals surface area contributed by atoms with Crippen molar-refractivity contribution in [2.45, 2.75) is 32.7 Å². The van der Waals surface area contributed by atoms with Gasteiger partial charge in [-0.1, -0.05) is 6.07 Å². The van der Waals surface area contributed by atoms with E-state index in [1.807, 2.05) is 24.3 Å². The predicted molar refractivity (Wildman–Crippen MR) is 117 cm³/mol. The number of carbonyl (C=O) groups is 3. The minimum absolute atomic E-state index is 0.115. The molecule has 0 bridgehead atoms. The Bertz CT molecular complexity index is 960. The normalized spacial score (nSPS) is 14.2. The number of nitrogens with zero attached hydrogens (tertiary/aromatic N) is 1. The molecule has 8 heteroatoms. The molecule has 1 unspecified atom stereocenters. The topological polar surface area (TPSA) is 99.8 Å². The van der Waals surface area contributed by atoms with E-state index in [9.17, 15) is 14.4 Å². The smallest absolute Gasteiger partial charge is 0.246 e. The predicted octanol–water partition coefficient (Wildman–Crippen LogP) is 3.22. The Morgan fingerprint density at radius 1 is 1.10 bits per heavy atom. The Kier molecular flexibility index (Phi) is 6.56. The van der Waals surface area contributed by atoms with E-state index in [2.05, 4.69) is 16.0 Å². The van der Waals surface area contributed by atoms with E-state index in [4.69, 9.17) is 4.74 Å². The van der Waals surface area contributed by atoms with Crippen LogP contribution < -0.4 is 25.6 Å². The molecule has 1 atom stereocenters. The first-order chi connectivity index (χ1) is 14.4. The number of hydrogen-bond donors (Lipinski definition) is 3. The van der Waals surface area contributed by atoms with Gasteiger partial charge in [-0.2, -0.15) is 0 Å². The molecular weight excluding hydrogens is 384 g/mol. The molecule has 3 amide bonds. The fraction of sp³-hybridized carbons (Fsp3) is 0.318. The Labute approximate surface area is 175 Å². The summed E-state index contributed by atoms with van der Waals surface area (Å²) in [5, 5.41) is 8.68. The molecule has 3 N–H and O–H groups in total. The summed E-state index contributed by atoms with van der Waals surface area (Å²) in [6, 6.07) is 11.9. The van der Waals surface area contributed by atoms with E-state index in [0.29, 0.717) is 30.1 Å². The summed E-state index contributed by atoms with van der Waals surface area (Å²) in [4.78, 5) is 37.8. The summed E-state index contributed by atoms with van der Waals surface area (Å²) in [6.45, 7) is 3.87. The van der Waals surface area contributed by atoms with Crippen LogP contribution in [-0.2, 0) is 14.4 Å². The number of nitrogens with one attached hydrogen (secondary N) is 3. The van der Waals surface area contributed by atoms with Gasteiger partial charge in [0.25, 0.3) is 0 Å². The first kappa shape index (κ1) is 21.2. The first-order valence-electron chi connectivity index (χ1n) is 9.81.